The van der Waals surface area contributed by atoms with Crippen molar-refractivity contribution in [2.75, 3.05) is 0 Å². The van der Waals surface area contributed by atoms with Crippen LogP contribution in [0.5, 0.6) is 0 Å². The molecular formula is C45H30N4. The fourth-order valence-electron chi connectivity index (χ4n) is 6.64. The first-order chi connectivity index (χ1) is 24.3. The molecule has 4 nitrogen and oxygen atoms in total. The van der Waals surface area contributed by atoms with E-state index in [0.717, 1.165) is 55.2 Å². The Bertz CT molecular complexity index is 2580. The molecule has 0 fully saturated rings. The Labute approximate surface area is 284 Å². The van der Waals surface area contributed by atoms with E-state index < -0.39 is 0 Å². The van der Waals surface area contributed by atoms with Crippen LogP contribution in [0.3, 0.4) is 0 Å². The second-order valence-electron chi connectivity index (χ2n) is 12.1. The van der Waals surface area contributed by atoms with Gasteiger partial charge in [0.2, 0.25) is 5.95 Å². The molecule has 0 N–H and O–H groups in total. The Hall–Kier alpha value is -6.65. The van der Waals surface area contributed by atoms with Crippen molar-refractivity contribution in [3.63, 3.8) is 0 Å². The van der Waals surface area contributed by atoms with Crippen LogP contribution in [-0.4, -0.2) is 19.5 Å². The van der Waals surface area contributed by atoms with E-state index in [1.165, 1.54) is 11.1 Å². The molecule has 7 aromatic carbocycles. The van der Waals surface area contributed by atoms with Gasteiger partial charge in [-0.3, -0.25) is 4.57 Å². The number of nitrogens with zero attached hydrogens (tertiary/aromatic N) is 4. The molecule has 9 rings (SSSR count). The minimum Gasteiger partial charge on any atom is -0.278 e. The molecule has 0 spiro atoms. The van der Waals surface area contributed by atoms with Crippen molar-refractivity contribution in [2.24, 2.45) is 0 Å². The van der Waals surface area contributed by atoms with Gasteiger partial charge in [0.05, 0.1) is 11.0 Å². The predicted octanol–water partition coefficient (Wildman–Crippen LogP) is 11.3. The van der Waals surface area contributed by atoms with Crippen LogP contribution in [0.15, 0.2) is 182 Å². The van der Waals surface area contributed by atoms with E-state index in [0.29, 0.717) is 17.6 Å². The van der Waals surface area contributed by atoms with E-state index in [2.05, 4.69) is 156 Å². The fraction of sp³-hybridized carbons (Fsp3) is 0. The zero-order chi connectivity index (χ0) is 32.6. The van der Waals surface area contributed by atoms with Gasteiger partial charge in [0.15, 0.2) is 11.6 Å². The Morgan fingerprint density at radius 2 is 0.755 bits per heavy atom. The summed E-state index contributed by atoms with van der Waals surface area (Å²) < 4.78 is 2.20. The van der Waals surface area contributed by atoms with Crippen molar-refractivity contribution in [3.8, 4) is 62.1 Å². The summed E-state index contributed by atoms with van der Waals surface area (Å²) in [6, 6.07) is 63.4. The Morgan fingerprint density at radius 1 is 0.286 bits per heavy atom. The molecule has 0 aliphatic rings. The molecule has 0 saturated heterocycles. The zero-order valence-corrected chi connectivity index (χ0v) is 26.6. The summed E-state index contributed by atoms with van der Waals surface area (Å²) in [6.07, 6.45) is 0. The maximum Gasteiger partial charge on any atom is 0.238 e. The lowest BCUT2D eigenvalue weighted by atomic mass is 10.0. The monoisotopic (exact) mass is 626 g/mol. The van der Waals surface area contributed by atoms with E-state index in [1.807, 2.05) is 30.3 Å². The smallest absolute Gasteiger partial charge is 0.238 e. The second kappa shape index (κ2) is 12.2. The third kappa shape index (κ3) is 5.35. The molecule has 0 radical (unpaired) electrons. The Balaban J connectivity index is 1.31. The minimum absolute atomic E-state index is 0.576. The van der Waals surface area contributed by atoms with Gasteiger partial charge < -0.3 is 0 Å². The Morgan fingerprint density at radius 3 is 1.37 bits per heavy atom. The van der Waals surface area contributed by atoms with Crippen molar-refractivity contribution >= 4 is 21.8 Å². The summed E-state index contributed by atoms with van der Waals surface area (Å²) in [7, 11) is 0. The molecule has 230 valence electrons. The van der Waals surface area contributed by atoms with Crippen LogP contribution >= 0.6 is 0 Å². The van der Waals surface area contributed by atoms with E-state index in [1.54, 1.807) is 0 Å². The number of fused-ring (bicyclic) bond motifs is 3. The number of aromatic nitrogens is 4. The van der Waals surface area contributed by atoms with Crippen LogP contribution < -0.4 is 0 Å². The average Bonchev–Trinajstić information content (AvgIpc) is 3.52. The Kier molecular flexibility index (Phi) is 7.10. The van der Waals surface area contributed by atoms with Crippen molar-refractivity contribution in [2.45, 2.75) is 0 Å². The van der Waals surface area contributed by atoms with Crippen LogP contribution in [0.25, 0.3) is 83.9 Å². The molecule has 0 aliphatic carbocycles. The highest BCUT2D eigenvalue weighted by molar-refractivity contribution is 6.11. The van der Waals surface area contributed by atoms with Crippen LogP contribution in [0, 0.1) is 0 Å². The van der Waals surface area contributed by atoms with Gasteiger partial charge in [-0.2, -0.15) is 9.97 Å². The third-order valence-corrected chi connectivity index (χ3v) is 9.06. The lowest BCUT2D eigenvalue weighted by Crippen LogP contribution is -2.06. The molecule has 4 heteroatoms. The number of benzene rings is 7. The summed E-state index contributed by atoms with van der Waals surface area (Å²) in [5.41, 5.74) is 10.8. The van der Waals surface area contributed by atoms with E-state index >= 15 is 0 Å². The molecular weight excluding hydrogens is 597 g/mol. The molecule has 0 saturated carbocycles. The fourth-order valence-corrected chi connectivity index (χ4v) is 6.64. The van der Waals surface area contributed by atoms with Gasteiger partial charge in [-0.05, 0) is 57.6 Å². The van der Waals surface area contributed by atoms with Gasteiger partial charge in [-0.1, -0.05) is 158 Å². The molecule has 0 amide bonds. The standard InChI is InChI=1S/C45H30N4/c1-5-14-31(15-6-1)35-22-13-23-38(28-35)44-46-43(34-20-11-4-12-21-34)47-45(48-44)49-41-27-25-36(32-16-7-2-8-17-32)29-40(41)39-26-24-37(30-42(39)49)33-18-9-3-10-19-33/h1-30H. The van der Waals surface area contributed by atoms with E-state index in [-0.39, 0.29) is 0 Å². The van der Waals surface area contributed by atoms with Crippen molar-refractivity contribution in [1.29, 1.82) is 0 Å². The van der Waals surface area contributed by atoms with Gasteiger partial charge >= 0.3 is 0 Å². The topological polar surface area (TPSA) is 43.6 Å². The van der Waals surface area contributed by atoms with Gasteiger partial charge in [-0.15, -0.1) is 0 Å². The highest BCUT2D eigenvalue weighted by Gasteiger charge is 2.19. The molecule has 49 heavy (non-hydrogen) atoms. The highest BCUT2D eigenvalue weighted by atomic mass is 15.2. The molecule has 0 bridgehead atoms. The van der Waals surface area contributed by atoms with Crippen LogP contribution in [0.2, 0.25) is 0 Å². The highest BCUT2D eigenvalue weighted by Crippen LogP contribution is 2.37. The van der Waals surface area contributed by atoms with Gasteiger partial charge in [0, 0.05) is 21.9 Å². The largest absolute Gasteiger partial charge is 0.278 e. The number of rotatable bonds is 6. The lowest BCUT2D eigenvalue weighted by Gasteiger charge is -2.12. The maximum absolute atomic E-state index is 5.23. The molecule has 0 unspecified atom stereocenters. The first-order valence-corrected chi connectivity index (χ1v) is 16.5. The third-order valence-electron chi connectivity index (χ3n) is 9.06. The quantitative estimate of drug-likeness (QED) is 0.184. The van der Waals surface area contributed by atoms with E-state index in [4.69, 9.17) is 15.0 Å². The summed E-state index contributed by atoms with van der Waals surface area (Å²) in [5.74, 6) is 1.82. The molecule has 0 aliphatic heterocycles. The van der Waals surface area contributed by atoms with Gasteiger partial charge in [0.1, 0.15) is 0 Å². The second-order valence-corrected chi connectivity index (χ2v) is 12.1. The first kappa shape index (κ1) is 28.6. The number of hydrogen-bond donors (Lipinski definition) is 0. The molecule has 0 atom stereocenters. The number of hydrogen-bond acceptors (Lipinski definition) is 3. The van der Waals surface area contributed by atoms with Crippen molar-refractivity contribution < 1.29 is 0 Å². The summed E-state index contributed by atoms with van der Waals surface area (Å²) in [4.78, 5) is 15.5. The maximum atomic E-state index is 5.23. The van der Waals surface area contributed by atoms with Crippen molar-refractivity contribution in [1.82, 2.24) is 19.5 Å². The average molecular weight is 627 g/mol. The SMILES string of the molecule is c1ccc(-c2cccc(-c3nc(-c4ccccc4)nc(-n4c5ccc(-c6ccccc6)cc5c5ccc(-c6ccccc6)cc54)n3)c2)cc1. The normalized spacial score (nSPS) is 11.3. The summed E-state index contributed by atoms with van der Waals surface area (Å²) >= 11 is 0. The van der Waals surface area contributed by atoms with E-state index in [9.17, 15) is 0 Å². The molecule has 2 aromatic heterocycles. The van der Waals surface area contributed by atoms with Crippen LogP contribution in [0.1, 0.15) is 0 Å². The van der Waals surface area contributed by atoms with Crippen LogP contribution in [-0.2, 0) is 0 Å². The van der Waals surface area contributed by atoms with Gasteiger partial charge in [-0.25, -0.2) is 4.98 Å². The zero-order valence-electron chi connectivity index (χ0n) is 26.6. The van der Waals surface area contributed by atoms with Gasteiger partial charge in [0.25, 0.3) is 0 Å². The minimum atomic E-state index is 0.576. The summed E-state index contributed by atoms with van der Waals surface area (Å²) in [6.45, 7) is 0. The predicted molar refractivity (Wildman–Crippen MR) is 201 cm³/mol. The molecule has 9 aromatic rings. The summed E-state index contributed by atoms with van der Waals surface area (Å²) in [5, 5.41) is 2.28. The lowest BCUT2D eigenvalue weighted by molar-refractivity contribution is 0.953. The van der Waals surface area contributed by atoms with Crippen LogP contribution in [0.4, 0.5) is 0 Å². The van der Waals surface area contributed by atoms with Crippen molar-refractivity contribution in [3.05, 3.63) is 182 Å². The first-order valence-electron chi connectivity index (χ1n) is 16.5. The molecule has 2 heterocycles.